The van der Waals surface area contributed by atoms with Crippen LogP contribution in [0, 0.1) is 11.8 Å². The average Bonchev–Trinajstić information content (AvgIpc) is 2.86. The van der Waals surface area contributed by atoms with E-state index in [0.717, 1.165) is 23.4 Å². The van der Waals surface area contributed by atoms with E-state index < -0.39 is 17.8 Å². The van der Waals surface area contributed by atoms with Crippen LogP contribution >= 0.6 is 0 Å². The van der Waals surface area contributed by atoms with Crippen LogP contribution in [0.3, 0.4) is 0 Å². The zero-order chi connectivity index (χ0) is 23.8. The van der Waals surface area contributed by atoms with Gasteiger partial charge in [-0.3, -0.25) is 0 Å². The molecule has 172 valence electrons. The first-order valence-corrected chi connectivity index (χ1v) is 10.5. The van der Waals surface area contributed by atoms with Crippen LogP contribution in [0.4, 0.5) is 13.2 Å². The third kappa shape index (κ3) is 6.53. The van der Waals surface area contributed by atoms with Gasteiger partial charge in [0.25, 0.3) is 0 Å². The van der Waals surface area contributed by atoms with Gasteiger partial charge in [-0.1, -0.05) is 60.7 Å². The topological polar surface area (TPSA) is 56.1 Å². The van der Waals surface area contributed by atoms with Crippen molar-refractivity contribution < 1.29 is 22.6 Å². The molecule has 8 heteroatoms. The predicted octanol–water partition coefficient (Wildman–Crippen LogP) is 5.41. The highest BCUT2D eigenvalue weighted by molar-refractivity contribution is 6.05. The van der Waals surface area contributed by atoms with Gasteiger partial charge in [0.2, 0.25) is 5.90 Å². The van der Waals surface area contributed by atoms with Gasteiger partial charge in [-0.25, -0.2) is 4.98 Å². The number of halogens is 3. The number of nitrogens with zero attached hydrogens (tertiary/aromatic N) is 3. The maximum atomic E-state index is 12.7. The Bertz CT molecular complexity index is 1210. The summed E-state index contributed by atoms with van der Waals surface area (Å²) in [5.74, 6) is 5.91. The molecule has 34 heavy (non-hydrogen) atoms. The Hall–Kier alpha value is -3.96. The lowest BCUT2D eigenvalue weighted by Gasteiger charge is -2.21. The molecule has 0 saturated carbocycles. The molecule has 0 fully saturated rings. The molecule has 0 aliphatic carbocycles. The van der Waals surface area contributed by atoms with Crippen LogP contribution in [0.1, 0.15) is 28.8 Å². The third-order valence-electron chi connectivity index (χ3n) is 4.87. The first-order chi connectivity index (χ1) is 16.5. The second-order valence-corrected chi connectivity index (χ2v) is 7.43. The fraction of sp³-hybridized carbons (Fsp3) is 0.192. The highest BCUT2D eigenvalue weighted by atomic mass is 19.4. The summed E-state index contributed by atoms with van der Waals surface area (Å²) in [5, 5.41) is 8.28. The number of aromatic nitrogens is 1. The maximum Gasteiger partial charge on any atom is 0.417 e. The molecule has 2 aromatic carbocycles. The summed E-state index contributed by atoms with van der Waals surface area (Å²) in [7, 11) is 0. The summed E-state index contributed by atoms with van der Waals surface area (Å²) < 4.78 is 50.1. The van der Waals surface area contributed by atoms with Crippen LogP contribution < -0.4 is 0 Å². The van der Waals surface area contributed by atoms with Crippen molar-refractivity contribution in [2.75, 3.05) is 0 Å². The normalized spacial score (nSPS) is 15.6. The molecule has 0 amide bonds. The zero-order valence-corrected chi connectivity index (χ0v) is 18.0. The fourth-order valence-corrected chi connectivity index (χ4v) is 3.08. The number of rotatable bonds is 5. The fourth-order valence-electron chi connectivity index (χ4n) is 3.08. The van der Waals surface area contributed by atoms with Gasteiger partial charge in [0.1, 0.15) is 24.1 Å². The van der Waals surface area contributed by atoms with Gasteiger partial charge in [-0.2, -0.15) is 13.2 Å². The molecule has 1 unspecified atom stereocenters. The molecule has 0 saturated heterocycles. The Balaban J connectivity index is 1.48. The maximum absolute atomic E-state index is 12.7. The molecule has 1 atom stereocenters. The molecule has 4 rings (SSSR count). The number of benzene rings is 2. The minimum atomic E-state index is -4.44. The van der Waals surface area contributed by atoms with Crippen molar-refractivity contribution in [2.24, 2.45) is 10.2 Å². The Morgan fingerprint density at radius 3 is 2.12 bits per heavy atom. The Morgan fingerprint density at radius 1 is 0.824 bits per heavy atom. The van der Waals surface area contributed by atoms with Crippen molar-refractivity contribution in [2.45, 2.75) is 31.9 Å². The van der Waals surface area contributed by atoms with Gasteiger partial charge in [0.05, 0.1) is 12.2 Å². The number of pyridine rings is 1. The molecule has 0 bridgehead atoms. The average molecular weight is 463 g/mol. The molecule has 1 aromatic heterocycles. The van der Waals surface area contributed by atoms with Gasteiger partial charge in [0.15, 0.2) is 0 Å². The molecule has 1 aliphatic rings. The molecule has 1 aliphatic heterocycles. The summed E-state index contributed by atoms with van der Waals surface area (Å²) in [6, 6.07) is 21.5. The van der Waals surface area contributed by atoms with E-state index in [4.69, 9.17) is 9.47 Å². The van der Waals surface area contributed by atoms with Gasteiger partial charge in [0, 0.05) is 12.6 Å². The minimum Gasteiger partial charge on any atom is -0.473 e. The molecular formula is C26H20F3N3O2. The molecule has 5 nitrogen and oxygen atoms in total. The summed E-state index contributed by atoms with van der Waals surface area (Å²) in [5.41, 5.74) is 1.77. The Kier molecular flexibility index (Phi) is 7.35. The van der Waals surface area contributed by atoms with Crippen molar-refractivity contribution >= 4 is 11.6 Å². The molecule has 0 spiro atoms. The number of hydrogen-bond donors (Lipinski definition) is 0. The zero-order valence-electron chi connectivity index (χ0n) is 18.0. The lowest BCUT2D eigenvalue weighted by molar-refractivity contribution is -0.137. The van der Waals surface area contributed by atoms with Crippen LogP contribution in [0.15, 0.2) is 89.2 Å². The van der Waals surface area contributed by atoms with Gasteiger partial charge < -0.3 is 9.47 Å². The Morgan fingerprint density at radius 2 is 1.50 bits per heavy atom. The van der Waals surface area contributed by atoms with Crippen molar-refractivity contribution in [1.29, 1.82) is 0 Å². The van der Waals surface area contributed by atoms with Crippen molar-refractivity contribution in [3.8, 4) is 11.8 Å². The smallest absolute Gasteiger partial charge is 0.417 e. The van der Waals surface area contributed by atoms with Crippen LogP contribution in [0.5, 0.6) is 0 Å². The summed E-state index contributed by atoms with van der Waals surface area (Å²) in [4.78, 5) is 3.76. The van der Waals surface area contributed by atoms with E-state index in [-0.39, 0.29) is 5.69 Å². The Labute approximate surface area is 195 Å². The van der Waals surface area contributed by atoms with E-state index >= 15 is 0 Å². The lowest BCUT2D eigenvalue weighted by Crippen LogP contribution is -2.31. The van der Waals surface area contributed by atoms with Crippen LogP contribution in [0.25, 0.3) is 0 Å². The largest absolute Gasteiger partial charge is 0.473 e. The second kappa shape index (κ2) is 10.8. The van der Waals surface area contributed by atoms with Crippen LogP contribution in [-0.2, 0) is 28.9 Å². The molecular weight excluding hydrogens is 443 g/mol. The van der Waals surface area contributed by atoms with E-state index in [1.54, 1.807) is 0 Å². The third-order valence-corrected chi connectivity index (χ3v) is 4.87. The molecule has 0 radical (unpaired) electrons. The number of ether oxygens (including phenoxy) is 2. The SMILES string of the molecule is FC(F)(F)c1ccc(C#CC2=NN=C(OCc3ccccc3)C(OCc3ccccc3)C2)nc1. The predicted molar refractivity (Wildman–Crippen MR) is 122 cm³/mol. The van der Waals surface area contributed by atoms with Crippen LogP contribution in [0.2, 0.25) is 0 Å². The number of alkyl halides is 3. The van der Waals surface area contributed by atoms with E-state index in [9.17, 15) is 13.2 Å². The van der Waals surface area contributed by atoms with E-state index in [2.05, 4.69) is 27.0 Å². The van der Waals surface area contributed by atoms with Crippen molar-refractivity contribution in [3.05, 3.63) is 101 Å². The molecule has 3 aromatic rings. The first-order valence-electron chi connectivity index (χ1n) is 10.5. The first kappa shape index (κ1) is 23.2. The summed E-state index contributed by atoms with van der Waals surface area (Å²) in [6.45, 7) is 0.664. The van der Waals surface area contributed by atoms with Gasteiger partial charge in [-0.15, -0.1) is 10.2 Å². The van der Waals surface area contributed by atoms with Crippen LogP contribution in [-0.4, -0.2) is 22.7 Å². The minimum absolute atomic E-state index is 0.201. The number of hydrogen-bond acceptors (Lipinski definition) is 5. The van der Waals surface area contributed by atoms with E-state index in [0.29, 0.717) is 31.2 Å². The molecule has 0 N–H and O–H groups in total. The van der Waals surface area contributed by atoms with E-state index in [1.165, 1.54) is 6.07 Å². The van der Waals surface area contributed by atoms with Gasteiger partial charge in [-0.05, 0) is 35.1 Å². The van der Waals surface area contributed by atoms with Crippen molar-refractivity contribution in [1.82, 2.24) is 4.98 Å². The summed E-state index contributed by atoms with van der Waals surface area (Å²) in [6.07, 6.45) is -3.88. The standard InChI is InChI=1S/C26H20F3N3O2/c27-26(28,29)21-11-12-22(30-16-21)13-14-23-15-24(33-17-19-7-3-1-4-8-19)25(32-31-23)34-18-20-9-5-2-6-10-20/h1-12,16,24H,15,17-18H2. The van der Waals surface area contributed by atoms with Crippen molar-refractivity contribution in [3.63, 3.8) is 0 Å². The summed E-state index contributed by atoms with van der Waals surface area (Å²) >= 11 is 0. The highest BCUT2D eigenvalue weighted by Gasteiger charge is 2.30. The van der Waals surface area contributed by atoms with Gasteiger partial charge >= 0.3 is 6.18 Å². The monoisotopic (exact) mass is 463 g/mol. The van der Waals surface area contributed by atoms with E-state index in [1.807, 2.05) is 60.7 Å². The second-order valence-electron chi connectivity index (χ2n) is 7.43. The molecule has 2 heterocycles. The quantitative estimate of drug-likeness (QED) is 0.476. The lowest BCUT2D eigenvalue weighted by atomic mass is 10.1. The highest BCUT2D eigenvalue weighted by Crippen LogP contribution is 2.28.